The molecule has 0 aliphatic heterocycles. The van der Waals surface area contributed by atoms with Gasteiger partial charge in [0.15, 0.2) is 5.96 Å². The lowest BCUT2D eigenvalue weighted by atomic mass is 10.1. The van der Waals surface area contributed by atoms with E-state index < -0.39 is 6.10 Å². The first-order chi connectivity index (χ1) is 12.5. The highest BCUT2D eigenvalue weighted by Crippen LogP contribution is 2.16. The van der Waals surface area contributed by atoms with E-state index in [1.807, 2.05) is 30.7 Å². The van der Waals surface area contributed by atoms with Gasteiger partial charge in [0.1, 0.15) is 0 Å². The number of aliphatic hydroxyl groups excluding tert-OH is 1. The van der Waals surface area contributed by atoms with Crippen molar-refractivity contribution >= 4 is 17.6 Å². The predicted molar refractivity (Wildman–Crippen MR) is 107 cm³/mol. The Hall–Kier alpha value is -2.05. The molecule has 1 unspecified atom stereocenters. The van der Waals surface area contributed by atoms with Crippen molar-refractivity contribution in [1.29, 1.82) is 0 Å². The highest BCUT2D eigenvalue weighted by Gasteiger charge is 2.07. The lowest BCUT2D eigenvalue weighted by molar-refractivity contribution is 0.187. The molecule has 0 saturated heterocycles. The molecule has 0 spiro atoms. The molecule has 6 nitrogen and oxygen atoms in total. The fourth-order valence-corrected chi connectivity index (χ4v) is 2.77. The molecule has 0 saturated carbocycles. The lowest BCUT2D eigenvalue weighted by Crippen LogP contribution is -2.38. The molecule has 1 atom stereocenters. The second kappa shape index (κ2) is 10.2. The van der Waals surface area contributed by atoms with E-state index in [4.69, 9.17) is 11.6 Å². The highest BCUT2D eigenvalue weighted by atomic mass is 35.5. The van der Waals surface area contributed by atoms with Crippen LogP contribution in [0, 0.1) is 13.8 Å². The minimum absolute atomic E-state index is 0.286. The van der Waals surface area contributed by atoms with Crippen LogP contribution in [0.25, 0.3) is 0 Å². The summed E-state index contributed by atoms with van der Waals surface area (Å²) in [6.45, 7) is 8.78. The van der Waals surface area contributed by atoms with E-state index >= 15 is 0 Å². The standard InChI is InChI=1S/C19H28ClN5O/c1-4-21-19(22-10-5-11-25-15(3)12-14(2)24-25)23-13-18(26)16-6-8-17(20)9-7-16/h6-9,12,18,26H,4-5,10-11,13H2,1-3H3,(H2,21,22,23). The summed E-state index contributed by atoms with van der Waals surface area (Å²) in [6, 6.07) is 9.25. The van der Waals surface area contributed by atoms with Crippen molar-refractivity contribution in [2.75, 3.05) is 19.6 Å². The zero-order valence-corrected chi connectivity index (χ0v) is 16.4. The smallest absolute Gasteiger partial charge is 0.191 e. The molecule has 26 heavy (non-hydrogen) atoms. The number of guanidine groups is 1. The van der Waals surface area contributed by atoms with Crippen LogP contribution >= 0.6 is 11.6 Å². The normalized spacial score (nSPS) is 12.9. The van der Waals surface area contributed by atoms with Crippen LogP contribution in [0.1, 0.15) is 36.4 Å². The first kappa shape index (κ1) is 20.3. The molecule has 0 radical (unpaired) electrons. The molecule has 1 heterocycles. The van der Waals surface area contributed by atoms with Crippen LogP contribution in [0.2, 0.25) is 5.02 Å². The van der Waals surface area contributed by atoms with Gasteiger partial charge in [-0.05, 0) is 51.0 Å². The van der Waals surface area contributed by atoms with Crippen LogP contribution < -0.4 is 10.6 Å². The van der Waals surface area contributed by atoms with Crippen LogP contribution in [0.5, 0.6) is 0 Å². The van der Waals surface area contributed by atoms with Gasteiger partial charge in [0.25, 0.3) is 0 Å². The molecule has 142 valence electrons. The summed E-state index contributed by atoms with van der Waals surface area (Å²) in [4.78, 5) is 4.47. The average molecular weight is 378 g/mol. The number of halogens is 1. The van der Waals surface area contributed by atoms with Gasteiger partial charge in [-0.3, -0.25) is 9.67 Å². The maximum Gasteiger partial charge on any atom is 0.191 e. The molecular weight excluding hydrogens is 350 g/mol. The number of benzene rings is 1. The Morgan fingerprint density at radius 2 is 2.00 bits per heavy atom. The number of nitrogens with zero attached hydrogens (tertiary/aromatic N) is 3. The van der Waals surface area contributed by atoms with E-state index in [1.54, 1.807) is 12.1 Å². The van der Waals surface area contributed by atoms with Gasteiger partial charge in [0.05, 0.1) is 18.3 Å². The zero-order chi connectivity index (χ0) is 18.9. The van der Waals surface area contributed by atoms with Gasteiger partial charge in [0.2, 0.25) is 0 Å². The topological polar surface area (TPSA) is 74.5 Å². The minimum atomic E-state index is -0.655. The Morgan fingerprint density at radius 3 is 2.62 bits per heavy atom. The molecule has 0 fully saturated rings. The number of nitrogens with one attached hydrogen (secondary N) is 2. The fraction of sp³-hybridized carbons (Fsp3) is 0.474. The predicted octanol–water partition coefficient (Wildman–Crippen LogP) is 2.83. The van der Waals surface area contributed by atoms with E-state index in [2.05, 4.69) is 33.7 Å². The summed E-state index contributed by atoms with van der Waals surface area (Å²) in [5.74, 6) is 0.703. The van der Waals surface area contributed by atoms with Gasteiger partial charge in [0, 0.05) is 30.4 Å². The van der Waals surface area contributed by atoms with E-state index in [-0.39, 0.29) is 6.54 Å². The average Bonchev–Trinajstić information content (AvgIpc) is 2.94. The fourth-order valence-electron chi connectivity index (χ4n) is 2.65. The third-order valence-electron chi connectivity index (χ3n) is 3.96. The number of aliphatic imine (C=N–C) groups is 1. The van der Waals surface area contributed by atoms with Crippen molar-refractivity contribution in [1.82, 2.24) is 20.4 Å². The summed E-state index contributed by atoms with van der Waals surface area (Å²) in [6.07, 6.45) is 0.281. The van der Waals surface area contributed by atoms with Crippen LogP contribution in [0.3, 0.4) is 0 Å². The molecule has 0 aliphatic rings. The Labute approximate surface area is 160 Å². The van der Waals surface area contributed by atoms with Gasteiger partial charge in [-0.25, -0.2) is 0 Å². The van der Waals surface area contributed by atoms with E-state index in [1.165, 1.54) is 5.69 Å². The number of aryl methyl sites for hydroxylation is 3. The number of rotatable bonds is 8. The summed E-state index contributed by atoms with van der Waals surface area (Å²) in [5.41, 5.74) is 3.02. The quantitative estimate of drug-likeness (QED) is 0.375. The molecule has 0 bridgehead atoms. The summed E-state index contributed by atoms with van der Waals surface area (Å²) < 4.78 is 2.02. The zero-order valence-electron chi connectivity index (χ0n) is 15.7. The number of aliphatic hydroxyl groups is 1. The molecular formula is C19H28ClN5O. The first-order valence-electron chi connectivity index (χ1n) is 8.96. The summed E-state index contributed by atoms with van der Waals surface area (Å²) >= 11 is 5.88. The van der Waals surface area contributed by atoms with Crippen molar-refractivity contribution in [3.05, 3.63) is 52.3 Å². The van der Waals surface area contributed by atoms with Crippen molar-refractivity contribution in [2.45, 2.75) is 39.8 Å². The van der Waals surface area contributed by atoms with Crippen LogP contribution in [-0.4, -0.2) is 40.5 Å². The molecule has 1 aromatic carbocycles. The highest BCUT2D eigenvalue weighted by molar-refractivity contribution is 6.30. The van der Waals surface area contributed by atoms with Crippen molar-refractivity contribution < 1.29 is 5.11 Å². The molecule has 0 aliphatic carbocycles. The van der Waals surface area contributed by atoms with Gasteiger partial charge in [-0.1, -0.05) is 23.7 Å². The molecule has 7 heteroatoms. The molecule has 0 amide bonds. The number of aromatic nitrogens is 2. The molecule has 2 rings (SSSR count). The Bertz CT molecular complexity index is 711. The largest absolute Gasteiger partial charge is 0.386 e. The SMILES string of the molecule is CCNC(=NCC(O)c1ccc(Cl)cc1)NCCCn1nc(C)cc1C. The third-order valence-corrected chi connectivity index (χ3v) is 4.22. The molecule has 1 aromatic heterocycles. The summed E-state index contributed by atoms with van der Waals surface area (Å²) in [7, 11) is 0. The second-order valence-electron chi connectivity index (χ2n) is 6.22. The summed E-state index contributed by atoms with van der Waals surface area (Å²) in [5, 5.41) is 21.9. The maximum atomic E-state index is 10.3. The van der Waals surface area contributed by atoms with Crippen LogP contribution in [0.15, 0.2) is 35.3 Å². The van der Waals surface area contributed by atoms with E-state index in [0.29, 0.717) is 11.0 Å². The van der Waals surface area contributed by atoms with E-state index in [9.17, 15) is 5.11 Å². The van der Waals surface area contributed by atoms with Gasteiger partial charge in [-0.2, -0.15) is 5.10 Å². The van der Waals surface area contributed by atoms with Crippen molar-refractivity contribution in [2.24, 2.45) is 4.99 Å². The number of hydrogen-bond acceptors (Lipinski definition) is 3. The van der Waals surface area contributed by atoms with Gasteiger partial charge >= 0.3 is 0 Å². The maximum absolute atomic E-state index is 10.3. The second-order valence-corrected chi connectivity index (χ2v) is 6.65. The third kappa shape index (κ3) is 6.35. The Morgan fingerprint density at radius 1 is 1.27 bits per heavy atom. The van der Waals surface area contributed by atoms with E-state index in [0.717, 1.165) is 37.3 Å². The minimum Gasteiger partial charge on any atom is -0.386 e. The van der Waals surface area contributed by atoms with Crippen LogP contribution in [-0.2, 0) is 6.54 Å². The lowest BCUT2D eigenvalue weighted by Gasteiger charge is -2.13. The molecule has 3 N–H and O–H groups in total. The Balaban J connectivity index is 1.82. The van der Waals surface area contributed by atoms with Gasteiger partial charge < -0.3 is 15.7 Å². The molecule has 2 aromatic rings. The number of hydrogen-bond donors (Lipinski definition) is 3. The Kier molecular flexibility index (Phi) is 7.94. The van der Waals surface area contributed by atoms with Crippen LogP contribution in [0.4, 0.5) is 0 Å². The first-order valence-corrected chi connectivity index (χ1v) is 9.34. The van der Waals surface area contributed by atoms with Gasteiger partial charge in [-0.15, -0.1) is 0 Å². The monoisotopic (exact) mass is 377 g/mol. The van der Waals surface area contributed by atoms with Crippen molar-refractivity contribution in [3.63, 3.8) is 0 Å². The van der Waals surface area contributed by atoms with Crippen molar-refractivity contribution in [3.8, 4) is 0 Å².